The zero-order valence-electron chi connectivity index (χ0n) is 16.4. The molecule has 1 aromatic rings. The average molecular weight is 359 g/mol. The molecule has 0 spiro atoms. The fraction of sp³-hybridized carbons (Fsp3) is 0.545. The summed E-state index contributed by atoms with van der Waals surface area (Å²) in [5.41, 5.74) is 2.64. The Morgan fingerprint density at radius 1 is 0.885 bits per heavy atom. The summed E-state index contributed by atoms with van der Waals surface area (Å²) >= 11 is 0. The molecule has 0 saturated heterocycles. The van der Waals surface area contributed by atoms with Gasteiger partial charge in [0.15, 0.2) is 0 Å². The van der Waals surface area contributed by atoms with Crippen LogP contribution in [0.4, 0.5) is 5.69 Å². The van der Waals surface area contributed by atoms with Gasteiger partial charge in [-0.2, -0.15) is 0 Å². The number of aryl methyl sites for hydroxylation is 1. The Kier molecular flexibility index (Phi) is 11.1. The number of rotatable bonds is 13. The Bertz CT molecular complexity index is 564. The van der Waals surface area contributed by atoms with Gasteiger partial charge in [0.2, 0.25) is 11.8 Å². The van der Waals surface area contributed by atoms with Crippen LogP contribution in [-0.2, 0) is 9.59 Å². The highest BCUT2D eigenvalue weighted by Crippen LogP contribution is 2.12. The maximum absolute atomic E-state index is 11.9. The van der Waals surface area contributed by atoms with Crippen LogP contribution >= 0.6 is 0 Å². The molecule has 144 valence electrons. The molecule has 1 rings (SSSR count). The molecule has 4 heteroatoms. The molecule has 26 heavy (non-hydrogen) atoms. The lowest BCUT2D eigenvalue weighted by Crippen LogP contribution is -2.24. The van der Waals surface area contributed by atoms with E-state index in [0.717, 1.165) is 37.9 Å². The van der Waals surface area contributed by atoms with Crippen LogP contribution in [0.2, 0.25) is 0 Å². The van der Waals surface area contributed by atoms with Crippen LogP contribution in [-0.4, -0.2) is 18.4 Å². The highest BCUT2D eigenvalue weighted by Gasteiger charge is 2.02. The Labute approximate surface area is 158 Å². The molecule has 0 aliphatic heterocycles. The monoisotopic (exact) mass is 358 g/mol. The molecule has 0 fully saturated rings. The summed E-state index contributed by atoms with van der Waals surface area (Å²) in [4.78, 5) is 23.2. The fourth-order valence-electron chi connectivity index (χ4n) is 2.68. The summed E-state index contributed by atoms with van der Waals surface area (Å²) in [6.07, 6.45) is 9.66. The van der Waals surface area contributed by atoms with Crippen molar-refractivity contribution in [3.8, 4) is 0 Å². The lowest BCUT2D eigenvalue weighted by Gasteiger charge is -2.06. The summed E-state index contributed by atoms with van der Waals surface area (Å²) in [6, 6.07) is 7.89. The van der Waals surface area contributed by atoms with Crippen molar-refractivity contribution in [2.45, 2.75) is 71.6 Å². The third-order valence-corrected chi connectivity index (χ3v) is 4.34. The van der Waals surface area contributed by atoms with E-state index in [1.54, 1.807) is 6.92 Å². The number of carbonyl (C=O) groups is 2. The van der Waals surface area contributed by atoms with Gasteiger partial charge in [0.05, 0.1) is 0 Å². The second-order valence-electron chi connectivity index (χ2n) is 7.03. The summed E-state index contributed by atoms with van der Waals surface area (Å²) in [5.74, 6) is 0.0575. The van der Waals surface area contributed by atoms with Crippen molar-refractivity contribution >= 4 is 17.5 Å². The van der Waals surface area contributed by atoms with E-state index in [1.807, 2.05) is 31.2 Å². The molecule has 0 radical (unpaired) electrons. The Morgan fingerprint density at radius 2 is 1.42 bits per heavy atom. The molecule has 0 saturated carbocycles. The SMILES string of the molecule is C=C(C)C(=O)NCCCCCCCCCCC(=O)Nc1ccc(C)cc1. The zero-order valence-corrected chi connectivity index (χ0v) is 16.4. The van der Waals surface area contributed by atoms with Crippen molar-refractivity contribution in [2.24, 2.45) is 0 Å². The largest absolute Gasteiger partial charge is 0.352 e. The van der Waals surface area contributed by atoms with Crippen molar-refractivity contribution in [2.75, 3.05) is 11.9 Å². The predicted molar refractivity (Wildman–Crippen MR) is 109 cm³/mol. The number of amides is 2. The van der Waals surface area contributed by atoms with Crippen LogP contribution in [0.3, 0.4) is 0 Å². The van der Waals surface area contributed by atoms with Gasteiger partial charge in [-0.25, -0.2) is 0 Å². The zero-order chi connectivity index (χ0) is 19.2. The molecular weight excluding hydrogens is 324 g/mol. The minimum absolute atomic E-state index is 0.0450. The van der Waals surface area contributed by atoms with Gasteiger partial charge in [0, 0.05) is 24.2 Å². The number of unbranched alkanes of at least 4 members (excludes halogenated alkanes) is 7. The molecule has 1 aromatic carbocycles. The lowest BCUT2D eigenvalue weighted by atomic mass is 10.1. The second kappa shape index (κ2) is 13.2. The van der Waals surface area contributed by atoms with Crippen LogP contribution in [0, 0.1) is 6.92 Å². The summed E-state index contributed by atoms with van der Waals surface area (Å²) in [6.45, 7) is 8.11. The van der Waals surface area contributed by atoms with Crippen LogP contribution in [0.15, 0.2) is 36.4 Å². The molecular formula is C22H34N2O2. The second-order valence-corrected chi connectivity index (χ2v) is 7.03. The Hall–Kier alpha value is -2.10. The van der Waals surface area contributed by atoms with Crippen molar-refractivity contribution in [1.82, 2.24) is 5.32 Å². The minimum atomic E-state index is -0.0450. The van der Waals surface area contributed by atoms with Gasteiger partial charge in [0.25, 0.3) is 0 Å². The van der Waals surface area contributed by atoms with Crippen molar-refractivity contribution in [1.29, 1.82) is 0 Å². The summed E-state index contributed by atoms with van der Waals surface area (Å²) < 4.78 is 0. The van der Waals surface area contributed by atoms with E-state index in [-0.39, 0.29) is 11.8 Å². The standard InChI is InChI=1S/C22H34N2O2/c1-18(2)22(26)23-17-11-9-7-5-4-6-8-10-12-21(25)24-20-15-13-19(3)14-16-20/h13-16H,1,4-12,17H2,2-3H3,(H,23,26)(H,24,25). The Balaban J connectivity index is 1.90. The van der Waals surface area contributed by atoms with Gasteiger partial charge in [-0.1, -0.05) is 62.8 Å². The van der Waals surface area contributed by atoms with Crippen molar-refractivity contribution in [3.05, 3.63) is 42.0 Å². The highest BCUT2D eigenvalue weighted by molar-refractivity contribution is 5.92. The molecule has 2 amide bonds. The third kappa shape index (κ3) is 10.7. The molecule has 0 atom stereocenters. The van der Waals surface area contributed by atoms with Crippen LogP contribution in [0.1, 0.15) is 70.3 Å². The molecule has 2 N–H and O–H groups in total. The van der Waals surface area contributed by atoms with E-state index >= 15 is 0 Å². The summed E-state index contributed by atoms with van der Waals surface area (Å²) in [5, 5.41) is 5.80. The first-order valence-electron chi connectivity index (χ1n) is 9.79. The molecule has 0 aromatic heterocycles. The summed E-state index contributed by atoms with van der Waals surface area (Å²) in [7, 11) is 0. The van der Waals surface area contributed by atoms with Crippen molar-refractivity contribution in [3.63, 3.8) is 0 Å². The van der Waals surface area contributed by atoms with Crippen LogP contribution in [0.25, 0.3) is 0 Å². The van der Waals surface area contributed by atoms with E-state index in [2.05, 4.69) is 17.2 Å². The molecule has 0 aliphatic rings. The number of hydrogen-bond donors (Lipinski definition) is 2. The maximum atomic E-state index is 11.9. The van der Waals surface area contributed by atoms with Crippen LogP contribution < -0.4 is 10.6 Å². The topological polar surface area (TPSA) is 58.2 Å². The number of nitrogens with one attached hydrogen (secondary N) is 2. The number of anilines is 1. The number of benzene rings is 1. The first-order chi connectivity index (χ1) is 12.5. The van der Waals surface area contributed by atoms with Gasteiger partial charge >= 0.3 is 0 Å². The highest BCUT2D eigenvalue weighted by atomic mass is 16.2. The normalized spacial score (nSPS) is 10.4. The first kappa shape index (κ1) is 21.9. The predicted octanol–water partition coefficient (Wildman–Crippen LogP) is 5.14. The lowest BCUT2D eigenvalue weighted by molar-refractivity contribution is -0.117. The first-order valence-corrected chi connectivity index (χ1v) is 9.79. The molecule has 4 nitrogen and oxygen atoms in total. The number of hydrogen-bond acceptors (Lipinski definition) is 2. The average Bonchev–Trinajstić information content (AvgIpc) is 2.61. The smallest absolute Gasteiger partial charge is 0.246 e. The van der Waals surface area contributed by atoms with E-state index in [9.17, 15) is 9.59 Å². The van der Waals surface area contributed by atoms with Gasteiger partial charge < -0.3 is 10.6 Å². The molecule has 0 aliphatic carbocycles. The fourth-order valence-corrected chi connectivity index (χ4v) is 2.68. The van der Waals surface area contributed by atoms with Gasteiger partial charge in [-0.3, -0.25) is 9.59 Å². The van der Waals surface area contributed by atoms with Gasteiger partial charge in [-0.05, 0) is 38.8 Å². The van der Waals surface area contributed by atoms with Crippen molar-refractivity contribution < 1.29 is 9.59 Å². The van der Waals surface area contributed by atoms with Crippen LogP contribution in [0.5, 0.6) is 0 Å². The van der Waals surface area contributed by atoms with Gasteiger partial charge in [-0.15, -0.1) is 0 Å². The maximum Gasteiger partial charge on any atom is 0.246 e. The minimum Gasteiger partial charge on any atom is -0.352 e. The molecule has 0 unspecified atom stereocenters. The van der Waals surface area contributed by atoms with E-state index in [4.69, 9.17) is 0 Å². The third-order valence-electron chi connectivity index (χ3n) is 4.34. The van der Waals surface area contributed by atoms with Gasteiger partial charge in [0.1, 0.15) is 0 Å². The quantitative estimate of drug-likeness (QED) is 0.379. The van der Waals surface area contributed by atoms with E-state index < -0.39 is 0 Å². The number of carbonyl (C=O) groups excluding carboxylic acids is 2. The van der Waals surface area contributed by atoms with E-state index in [1.165, 1.54) is 31.2 Å². The van der Waals surface area contributed by atoms with E-state index in [0.29, 0.717) is 12.0 Å². The Morgan fingerprint density at radius 3 is 2.00 bits per heavy atom. The molecule has 0 bridgehead atoms. The molecule has 0 heterocycles.